The van der Waals surface area contributed by atoms with Crippen molar-refractivity contribution in [1.82, 2.24) is 0 Å². The van der Waals surface area contributed by atoms with Gasteiger partial charge in [-0.15, -0.1) is 0 Å². The van der Waals surface area contributed by atoms with Crippen LogP contribution in [0, 0.1) is 6.92 Å². The third kappa shape index (κ3) is 3.64. The molecule has 0 heterocycles. The lowest BCUT2D eigenvalue weighted by Crippen LogP contribution is -2.02. The Hall–Kier alpha value is -2.93. The quantitative estimate of drug-likeness (QED) is 0.357. The molecule has 0 aliphatic rings. The second-order valence-corrected chi connectivity index (χ2v) is 5.53. The highest BCUT2D eigenvalue weighted by Gasteiger charge is 2.14. The molecule has 0 aliphatic heterocycles. The molecule has 0 amide bonds. The number of allylic oxidation sites excluding steroid dienone is 1. The Bertz CT molecular complexity index is 813. The van der Waals surface area contributed by atoms with Gasteiger partial charge in [0.15, 0.2) is 5.78 Å². The number of benzene rings is 3. The first-order valence-electron chi connectivity index (χ1n) is 7.67. The van der Waals surface area contributed by atoms with Gasteiger partial charge in [-0.05, 0) is 24.1 Å². The maximum absolute atomic E-state index is 13.0. The zero-order valence-corrected chi connectivity index (χ0v) is 13.1. The van der Waals surface area contributed by atoms with Crippen LogP contribution >= 0.6 is 0 Å². The predicted molar refractivity (Wildman–Crippen MR) is 96.3 cm³/mol. The summed E-state index contributed by atoms with van der Waals surface area (Å²) in [7, 11) is 0. The minimum absolute atomic E-state index is 0.0401. The molecule has 0 radical (unpaired) electrons. The lowest BCUT2D eigenvalue weighted by molar-refractivity contribution is 0.105. The van der Waals surface area contributed by atoms with Gasteiger partial charge in [0.1, 0.15) is 0 Å². The number of ketones is 1. The van der Waals surface area contributed by atoms with Crippen LogP contribution in [0.1, 0.15) is 27.0 Å². The van der Waals surface area contributed by atoms with Crippen molar-refractivity contribution in [2.45, 2.75) is 6.92 Å². The van der Waals surface area contributed by atoms with Crippen LogP contribution in [-0.2, 0) is 0 Å². The van der Waals surface area contributed by atoms with Gasteiger partial charge in [0.2, 0.25) is 0 Å². The van der Waals surface area contributed by atoms with E-state index in [1.54, 1.807) is 0 Å². The summed E-state index contributed by atoms with van der Waals surface area (Å²) in [5, 5.41) is 0. The summed E-state index contributed by atoms with van der Waals surface area (Å²) in [6.45, 7) is 2.05. The van der Waals surface area contributed by atoms with E-state index in [-0.39, 0.29) is 5.78 Å². The van der Waals surface area contributed by atoms with Gasteiger partial charge in [-0.25, -0.2) is 0 Å². The molecule has 0 aliphatic carbocycles. The molecule has 1 nitrogen and oxygen atoms in total. The third-order valence-electron chi connectivity index (χ3n) is 3.75. The highest BCUT2D eigenvalue weighted by Crippen LogP contribution is 2.23. The van der Waals surface area contributed by atoms with Gasteiger partial charge in [-0.3, -0.25) is 4.79 Å². The Morgan fingerprint density at radius 3 is 1.87 bits per heavy atom. The fraction of sp³-hybridized carbons (Fsp3) is 0.0455. The second-order valence-electron chi connectivity index (χ2n) is 5.53. The fourth-order valence-electron chi connectivity index (χ4n) is 2.47. The van der Waals surface area contributed by atoms with Gasteiger partial charge in [-0.1, -0.05) is 90.5 Å². The standard InChI is InChI=1S/C22H18O/c1-17-12-14-19(15-13-17)21(16-18-8-4-2-5-9-18)22(23)20-10-6-3-7-11-20/h2-16H,1H3/b21-16+. The number of carbonyl (C=O) groups is 1. The minimum Gasteiger partial charge on any atom is -0.289 e. The van der Waals surface area contributed by atoms with Gasteiger partial charge < -0.3 is 0 Å². The number of Topliss-reactive ketones (excluding diaryl/α,β-unsaturated/α-hetero) is 1. The lowest BCUT2D eigenvalue weighted by atomic mass is 9.94. The number of rotatable bonds is 4. The number of hydrogen-bond acceptors (Lipinski definition) is 1. The molecule has 0 atom stereocenters. The highest BCUT2D eigenvalue weighted by molar-refractivity contribution is 6.32. The first-order chi connectivity index (χ1) is 11.2. The van der Waals surface area contributed by atoms with Crippen LogP contribution in [0.5, 0.6) is 0 Å². The summed E-state index contributed by atoms with van der Waals surface area (Å²) >= 11 is 0. The zero-order chi connectivity index (χ0) is 16.1. The average molecular weight is 298 g/mol. The summed E-state index contributed by atoms with van der Waals surface area (Å²) < 4.78 is 0. The van der Waals surface area contributed by atoms with E-state index in [9.17, 15) is 4.79 Å². The van der Waals surface area contributed by atoms with Crippen LogP contribution in [0.25, 0.3) is 11.6 Å². The normalized spacial score (nSPS) is 11.3. The molecule has 0 N–H and O–H groups in total. The molecule has 0 saturated carbocycles. The van der Waals surface area contributed by atoms with Gasteiger partial charge >= 0.3 is 0 Å². The van der Waals surface area contributed by atoms with Gasteiger partial charge in [0.05, 0.1) is 0 Å². The first-order valence-corrected chi connectivity index (χ1v) is 7.67. The summed E-state index contributed by atoms with van der Waals surface area (Å²) in [4.78, 5) is 13.0. The largest absolute Gasteiger partial charge is 0.289 e. The molecule has 0 spiro atoms. The van der Waals surface area contributed by atoms with E-state index in [2.05, 4.69) is 0 Å². The van der Waals surface area contributed by atoms with Crippen molar-refractivity contribution >= 4 is 17.4 Å². The van der Waals surface area contributed by atoms with Crippen molar-refractivity contribution in [3.05, 3.63) is 107 Å². The van der Waals surface area contributed by atoms with Crippen molar-refractivity contribution < 1.29 is 4.79 Å². The topological polar surface area (TPSA) is 17.1 Å². The van der Waals surface area contributed by atoms with Crippen LogP contribution in [0.4, 0.5) is 0 Å². The second kappa shape index (κ2) is 6.89. The minimum atomic E-state index is 0.0401. The van der Waals surface area contributed by atoms with Crippen molar-refractivity contribution in [2.75, 3.05) is 0 Å². The Morgan fingerprint density at radius 2 is 1.26 bits per heavy atom. The number of hydrogen-bond donors (Lipinski definition) is 0. The maximum Gasteiger partial charge on any atom is 0.193 e. The SMILES string of the molecule is Cc1ccc(/C(=C\c2ccccc2)C(=O)c2ccccc2)cc1. The Kier molecular flexibility index (Phi) is 4.49. The van der Waals surface area contributed by atoms with E-state index in [0.717, 1.165) is 11.1 Å². The molecule has 112 valence electrons. The molecule has 3 aromatic carbocycles. The lowest BCUT2D eigenvalue weighted by Gasteiger charge is -2.08. The van der Waals surface area contributed by atoms with E-state index < -0.39 is 0 Å². The molecule has 1 heteroatoms. The van der Waals surface area contributed by atoms with Crippen LogP contribution in [0.15, 0.2) is 84.9 Å². The number of aryl methyl sites for hydroxylation is 1. The van der Waals surface area contributed by atoms with Gasteiger partial charge in [-0.2, -0.15) is 0 Å². The molecule has 0 aromatic heterocycles. The molecular weight excluding hydrogens is 280 g/mol. The molecule has 0 fully saturated rings. The summed E-state index contributed by atoms with van der Waals surface area (Å²) in [5.41, 5.74) is 4.55. The average Bonchev–Trinajstić information content (AvgIpc) is 2.62. The van der Waals surface area contributed by atoms with Gasteiger partial charge in [0.25, 0.3) is 0 Å². The molecule has 3 rings (SSSR count). The van der Waals surface area contributed by atoms with Crippen LogP contribution in [-0.4, -0.2) is 5.78 Å². The molecule has 0 saturated heterocycles. The molecule has 0 bridgehead atoms. The van der Waals surface area contributed by atoms with E-state index >= 15 is 0 Å². The zero-order valence-electron chi connectivity index (χ0n) is 13.1. The van der Waals surface area contributed by atoms with Crippen LogP contribution in [0.2, 0.25) is 0 Å². The summed E-state index contributed by atoms with van der Waals surface area (Å²) in [5.74, 6) is 0.0401. The predicted octanol–water partition coefficient (Wildman–Crippen LogP) is 5.42. The van der Waals surface area contributed by atoms with Crippen molar-refractivity contribution in [3.8, 4) is 0 Å². The van der Waals surface area contributed by atoms with Crippen LogP contribution in [0.3, 0.4) is 0 Å². The molecule has 23 heavy (non-hydrogen) atoms. The maximum atomic E-state index is 13.0. The third-order valence-corrected chi connectivity index (χ3v) is 3.75. The molecule has 3 aromatic rings. The Labute approximate surface area is 136 Å². The first kappa shape index (κ1) is 15.0. The van der Waals surface area contributed by atoms with Gasteiger partial charge in [0, 0.05) is 11.1 Å². The van der Waals surface area contributed by atoms with E-state index in [1.165, 1.54) is 5.56 Å². The molecular formula is C22H18O. The fourth-order valence-corrected chi connectivity index (χ4v) is 2.47. The van der Waals surface area contributed by atoms with E-state index in [0.29, 0.717) is 11.1 Å². The van der Waals surface area contributed by atoms with Crippen molar-refractivity contribution in [1.29, 1.82) is 0 Å². The monoisotopic (exact) mass is 298 g/mol. The summed E-state index contributed by atoms with van der Waals surface area (Å²) in [6, 6.07) is 27.4. The Balaban J connectivity index is 2.08. The smallest absolute Gasteiger partial charge is 0.193 e. The number of carbonyl (C=O) groups excluding carboxylic acids is 1. The van der Waals surface area contributed by atoms with E-state index in [4.69, 9.17) is 0 Å². The Morgan fingerprint density at radius 1 is 0.696 bits per heavy atom. The van der Waals surface area contributed by atoms with Crippen LogP contribution < -0.4 is 0 Å². The van der Waals surface area contributed by atoms with Crippen molar-refractivity contribution in [3.63, 3.8) is 0 Å². The summed E-state index contributed by atoms with van der Waals surface area (Å²) in [6.07, 6.45) is 1.96. The van der Waals surface area contributed by atoms with E-state index in [1.807, 2.05) is 97.9 Å². The highest BCUT2D eigenvalue weighted by atomic mass is 16.1. The molecule has 0 unspecified atom stereocenters. The van der Waals surface area contributed by atoms with Crippen molar-refractivity contribution in [2.24, 2.45) is 0 Å².